The molecule has 0 N–H and O–H groups in total. The number of ether oxygens (including phenoxy) is 1. The van der Waals surface area contributed by atoms with Crippen LogP contribution in [0.25, 0.3) is 49.9 Å². The van der Waals surface area contributed by atoms with Gasteiger partial charge >= 0.3 is 0 Å². The van der Waals surface area contributed by atoms with Gasteiger partial charge in [0, 0.05) is 40.5 Å². The zero-order chi connectivity index (χ0) is 45.3. The molecule has 0 atom stereocenters. The second-order valence-corrected chi connectivity index (χ2v) is 20.7. The van der Waals surface area contributed by atoms with Crippen molar-refractivity contribution in [1.82, 2.24) is 9.55 Å². The Bertz CT molecular complexity index is 3160. The molecule has 324 valence electrons. The molecule has 0 amide bonds. The summed E-state index contributed by atoms with van der Waals surface area (Å²) in [5.74, 6) is 2.45. The van der Waals surface area contributed by atoms with Crippen molar-refractivity contribution in [2.24, 2.45) is 0 Å². The molecular weight excluding hydrogens is 793 g/mol. The number of benzene rings is 7. The van der Waals surface area contributed by atoms with Gasteiger partial charge < -0.3 is 14.5 Å². The first-order valence-electron chi connectivity index (χ1n) is 22.9. The van der Waals surface area contributed by atoms with Gasteiger partial charge in [-0.15, -0.1) is 0 Å². The van der Waals surface area contributed by atoms with E-state index in [1.807, 2.05) is 6.20 Å². The molecule has 0 radical (unpaired) electrons. The summed E-state index contributed by atoms with van der Waals surface area (Å²) in [6.07, 6.45) is 1.94. The molecule has 0 aliphatic carbocycles. The third-order valence-electron chi connectivity index (χ3n) is 12.9. The van der Waals surface area contributed by atoms with E-state index in [9.17, 15) is 0 Å². The van der Waals surface area contributed by atoms with Crippen LogP contribution in [0.5, 0.6) is 11.5 Å². The molecule has 65 heavy (non-hydrogen) atoms. The summed E-state index contributed by atoms with van der Waals surface area (Å²) >= 11 is 0. The van der Waals surface area contributed by atoms with Crippen LogP contribution < -0.4 is 14.5 Å². The standard InChI is InChI=1S/C60H58N4O/c1-58(2,3)44-26-29-52-55(35-44)62(39-63(52)47-33-42(40-18-12-10-13-19-40)32-43(34-47)41-20-14-11-15-21-41)46-22-16-23-48(37-46)65-49-27-28-50-54(38-49)64(56-36-45(30-31-61-56)59(4,5)6)53-25-17-24-51(57(50)53)60(7,8)9/h10-38H,39H2,1-9H3. The van der Waals surface area contributed by atoms with Crippen molar-refractivity contribution in [3.63, 3.8) is 0 Å². The second-order valence-electron chi connectivity index (χ2n) is 20.7. The largest absolute Gasteiger partial charge is 0.457 e. The van der Waals surface area contributed by atoms with Crippen LogP contribution in [0, 0.1) is 0 Å². The number of aromatic nitrogens is 2. The lowest BCUT2D eigenvalue weighted by Gasteiger charge is -2.24. The van der Waals surface area contributed by atoms with Crippen molar-refractivity contribution >= 4 is 44.6 Å². The maximum atomic E-state index is 6.88. The lowest BCUT2D eigenvalue weighted by molar-refractivity contribution is 0.483. The molecule has 1 aliphatic heterocycles. The molecule has 0 bridgehead atoms. The highest BCUT2D eigenvalue weighted by Crippen LogP contribution is 2.48. The van der Waals surface area contributed by atoms with Gasteiger partial charge in [0.1, 0.15) is 24.0 Å². The highest BCUT2D eigenvalue weighted by atomic mass is 16.5. The highest BCUT2D eigenvalue weighted by Gasteiger charge is 2.31. The minimum atomic E-state index is -0.0544. The van der Waals surface area contributed by atoms with Gasteiger partial charge in [-0.3, -0.25) is 4.57 Å². The number of hydrogen-bond donors (Lipinski definition) is 0. The summed E-state index contributed by atoms with van der Waals surface area (Å²) in [5.41, 5.74) is 15.3. The van der Waals surface area contributed by atoms with Gasteiger partial charge in [-0.05, 0) is 128 Å². The zero-order valence-electron chi connectivity index (χ0n) is 39.1. The molecule has 0 saturated heterocycles. The number of rotatable bonds is 7. The van der Waals surface area contributed by atoms with E-state index in [2.05, 4.69) is 247 Å². The predicted octanol–water partition coefficient (Wildman–Crippen LogP) is 16.4. The van der Waals surface area contributed by atoms with E-state index in [4.69, 9.17) is 9.72 Å². The molecule has 0 spiro atoms. The molecule has 9 aromatic rings. The Morgan fingerprint density at radius 1 is 0.446 bits per heavy atom. The molecule has 5 nitrogen and oxygen atoms in total. The predicted molar refractivity (Wildman–Crippen MR) is 274 cm³/mol. The van der Waals surface area contributed by atoms with Crippen LogP contribution in [0.15, 0.2) is 176 Å². The lowest BCUT2D eigenvalue weighted by atomic mass is 9.84. The van der Waals surface area contributed by atoms with E-state index in [0.29, 0.717) is 6.67 Å². The number of pyridine rings is 1. The first-order valence-corrected chi connectivity index (χ1v) is 22.9. The monoisotopic (exact) mass is 850 g/mol. The minimum Gasteiger partial charge on any atom is -0.457 e. The highest BCUT2D eigenvalue weighted by molar-refractivity contribution is 6.11. The fourth-order valence-corrected chi connectivity index (χ4v) is 9.37. The average Bonchev–Trinajstić information content (AvgIpc) is 3.84. The Kier molecular flexibility index (Phi) is 10.2. The van der Waals surface area contributed by atoms with Crippen LogP contribution in [0.4, 0.5) is 22.7 Å². The third-order valence-corrected chi connectivity index (χ3v) is 12.9. The average molecular weight is 851 g/mol. The molecule has 7 aromatic carbocycles. The normalized spacial score (nSPS) is 13.2. The SMILES string of the molecule is CC(C)(C)c1ccnc(-n2c3cc(Oc4cccc(N5CN(c6cc(-c7ccccc7)cc(-c7ccccc7)c6)c6ccc(C(C)(C)C)cc65)c4)ccc3c3c(C(C)(C)C)cccc32)c1. The van der Waals surface area contributed by atoms with E-state index >= 15 is 0 Å². The van der Waals surface area contributed by atoms with Gasteiger partial charge in [0.25, 0.3) is 0 Å². The van der Waals surface area contributed by atoms with Gasteiger partial charge in [-0.1, -0.05) is 147 Å². The van der Waals surface area contributed by atoms with Gasteiger partial charge in [0.05, 0.1) is 22.4 Å². The summed E-state index contributed by atoms with van der Waals surface area (Å²) in [5, 5.41) is 2.44. The van der Waals surface area contributed by atoms with Gasteiger partial charge in [-0.2, -0.15) is 0 Å². The summed E-state index contributed by atoms with van der Waals surface area (Å²) < 4.78 is 9.20. The maximum Gasteiger partial charge on any atom is 0.137 e. The summed E-state index contributed by atoms with van der Waals surface area (Å²) in [6, 6.07) is 61.5. The molecular formula is C60H58N4O. The molecule has 0 saturated carbocycles. The Labute approximate surface area is 384 Å². The third kappa shape index (κ3) is 7.94. The van der Waals surface area contributed by atoms with Crippen molar-refractivity contribution in [3.8, 4) is 39.6 Å². The van der Waals surface area contributed by atoms with Gasteiger partial charge in [0.2, 0.25) is 0 Å². The summed E-state index contributed by atoms with van der Waals surface area (Å²) in [6.45, 7) is 21.1. The van der Waals surface area contributed by atoms with Crippen molar-refractivity contribution in [1.29, 1.82) is 0 Å². The first kappa shape index (κ1) is 41.9. The quantitative estimate of drug-likeness (QED) is 0.160. The molecule has 3 heterocycles. The number of nitrogens with zero attached hydrogens (tertiary/aromatic N) is 4. The molecule has 0 fully saturated rings. The smallest absolute Gasteiger partial charge is 0.137 e. The van der Waals surface area contributed by atoms with E-state index in [1.54, 1.807) is 0 Å². The van der Waals surface area contributed by atoms with E-state index < -0.39 is 0 Å². The Hall–Kier alpha value is -7.11. The topological polar surface area (TPSA) is 33.5 Å². The number of fused-ring (bicyclic) bond motifs is 4. The van der Waals surface area contributed by atoms with Crippen molar-refractivity contribution in [2.45, 2.75) is 78.6 Å². The summed E-state index contributed by atoms with van der Waals surface area (Å²) in [4.78, 5) is 9.86. The zero-order valence-corrected chi connectivity index (χ0v) is 39.1. The van der Waals surface area contributed by atoms with Crippen molar-refractivity contribution < 1.29 is 4.74 Å². The maximum absolute atomic E-state index is 6.88. The second kappa shape index (κ2) is 15.8. The van der Waals surface area contributed by atoms with Crippen molar-refractivity contribution in [2.75, 3.05) is 16.5 Å². The molecule has 2 aromatic heterocycles. The van der Waals surface area contributed by atoms with Crippen LogP contribution in [-0.4, -0.2) is 16.2 Å². The number of anilines is 4. The lowest BCUT2D eigenvalue weighted by Crippen LogP contribution is -2.24. The fraction of sp³-hybridized carbons (Fsp3) is 0.217. The Morgan fingerprint density at radius 2 is 1.08 bits per heavy atom. The Balaban J connectivity index is 1.06. The van der Waals surface area contributed by atoms with Crippen LogP contribution >= 0.6 is 0 Å². The fourth-order valence-electron chi connectivity index (χ4n) is 9.37. The Morgan fingerprint density at radius 3 is 1.74 bits per heavy atom. The number of hydrogen-bond acceptors (Lipinski definition) is 4. The van der Waals surface area contributed by atoms with Crippen LogP contribution in [-0.2, 0) is 16.2 Å². The van der Waals surface area contributed by atoms with E-state index in [-0.39, 0.29) is 16.2 Å². The van der Waals surface area contributed by atoms with Gasteiger partial charge in [-0.25, -0.2) is 4.98 Å². The molecule has 0 unspecified atom stereocenters. The van der Waals surface area contributed by atoms with E-state index in [0.717, 1.165) is 39.7 Å². The molecule has 5 heteroatoms. The first-order chi connectivity index (χ1) is 31.1. The van der Waals surface area contributed by atoms with Crippen LogP contribution in [0.1, 0.15) is 79.0 Å². The van der Waals surface area contributed by atoms with Crippen LogP contribution in [0.2, 0.25) is 0 Å². The molecule has 10 rings (SSSR count). The minimum absolute atomic E-state index is 0.0227. The van der Waals surface area contributed by atoms with Crippen LogP contribution in [0.3, 0.4) is 0 Å². The van der Waals surface area contributed by atoms with Crippen molar-refractivity contribution in [3.05, 3.63) is 193 Å². The summed E-state index contributed by atoms with van der Waals surface area (Å²) in [7, 11) is 0. The van der Waals surface area contributed by atoms with Gasteiger partial charge in [0.15, 0.2) is 0 Å². The van der Waals surface area contributed by atoms with E-state index in [1.165, 1.54) is 61.1 Å². The molecule has 1 aliphatic rings.